The van der Waals surface area contributed by atoms with E-state index in [9.17, 15) is 0 Å². The van der Waals surface area contributed by atoms with E-state index in [0.717, 1.165) is 36.9 Å². The molecule has 0 aliphatic carbocycles. The summed E-state index contributed by atoms with van der Waals surface area (Å²) in [5.74, 6) is 1.89. The van der Waals surface area contributed by atoms with Crippen LogP contribution in [0.3, 0.4) is 0 Å². The Morgan fingerprint density at radius 3 is 2.78 bits per heavy atom. The van der Waals surface area contributed by atoms with Gasteiger partial charge >= 0.3 is 0 Å². The average molecular weight is 245 g/mol. The van der Waals surface area contributed by atoms with Crippen molar-refractivity contribution in [2.45, 2.75) is 20.0 Å². The number of nitrogens with one attached hydrogen (secondary N) is 1. The predicted molar refractivity (Wildman–Crippen MR) is 72.3 cm³/mol. The summed E-state index contributed by atoms with van der Waals surface area (Å²) in [4.78, 5) is 6.82. The highest BCUT2D eigenvalue weighted by molar-refractivity contribution is 5.34. The van der Waals surface area contributed by atoms with Crippen LogP contribution in [-0.2, 0) is 13.1 Å². The first kappa shape index (κ1) is 12.6. The molecular formula is C14H19N3O. The van der Waals surface area contributed by atoms with Crippen LogP contribution in [0, 0.1) is 0 Å². The van der Waals surface area contributed by atoms with Crippen molar-refractivity contribution >= 4 is 5.82 Å². The molecule has 0 atom stereocenters. The van der Waals surface area contributed by atoms with Crippen LogP contribution >= 0.6 is 0 Å². The summed E-state index contributed by atoms with van der Waals surface area (Å²) >= 11 is 0. The van der Waals surface area contributed by atoms with Crippen molar-refractivity contribution in [2.75, 3.05) is 18.9 Å². The van der Waals surface area contributed by atoms with Crippen LogP contribution in [0.15, 0.2) is 41.0 Å². The van der Waals surface area contributed by atoms with Gasteiger partial charge in [-0.25, -0.2) is 4.98 Å². The van der Waals surface area contributed by atoms with Crippen LogP contribution in [0.25, 0.3) is 0 Å². The molecule has 0 saturated carbocycles. The zero-order valence-corrected chi connectivity index (χ0v) is 10.9. The number of anilines is 1. The molecule has 2 aromatic heterocycles. The van der Waals surface area contributed by atoms with Gasteiger partial charge in [-0.2, -0.15) is 0 Å². The number of furan rings is 1. The molecule has 0 unspecified atom stereocenters. The topological polar surface area (TPSA) is 41.3 Å². The molecule has 96 valence electrons. The molecule has 0 aliphatic heterocycles. The van der Waals surface area contributed by atoms with Crippen molar-refractivity contribution in [1.82, 2.24) is 9.88 Å². The van der Waals surface area contributed by atoms with Crippen molar-refractivity contribution in [3.63, 3.8) is 0 Å². The number of hydrogen-bond acceptors (Lipinski definition) is 4. The normalized spacial score (nSPS) is 10.8. The number of pyridine rings is 1. The molecule has 0 aromatic carbocycles. The fourth-order valence-electron chi connectivity index (χ4n) is 1.84. The zero-order valence-electron chi connectivity index (χ0n) is 10.9. The summed E-state index contributed by atoms with van der Waals surface area (Å²) in [6.45, 7) is 4.75. The summed E-state index contributed by atoms with van der Waals surface area (Å²) in [5.41, 5.74) is 1.07. The van der Waals surface area contributed by atoms with Crippen LogP contribution in [0.5, 0.6) is 0 Å². The van der Waals surface area contributed by atoms with E-state index in [0.29, 0.717) is 0 Å². The highest BCUT2D eigenvalue weighted by Gasteiger charge is 2.07. The van der Waals surface area contributed by atoms with Crippen molar-refractivity contribution in [3.05, 3.63) is 48.0 Å². The van der Waals surface area contributed by atoms with Gasteiger partial charge in [0.1, 0.15) is 11.6 Å². The Morgan fingerprint density at radius 1 is 1.22 bits per heavy atom. The second kappa shape index (κ2) is 6.21. The Labute approximate surface area is 108 Å². The van der Waals surface area contributed by atoms with Crippen LogP contribution in [0.2, 0.25) is 0 Å². The first-order valence-electron chi connectivity index (χ1n) is 6.20. The van der Waals surface area contributed by atoms with Gasteiger partial charge in [-0.15, -0.1) is 0 Å². The Bertz CT molecular complexity index is 468. The molecule has 4 nitrogen and oxygen atoms in total. The predicted octanol–water partition coefficient (Wildman–Crippen LogP) is 2.74. The van der Waals surface area contributed by atoms with Crippen molar-refractivity contribution in [3.8, 4) is 0 Å². The minimum Gasteiger partial charge on any atom is -0.468 e. The number of nitrogens with zero attached hydrogens (tertiary/aromatic N) is 2. The van der Waals surface area contributed by atoms with E-state index in [2.05, 4.69) is 22.1 Å². The average Bonchev–Trinajstić information content (AvgIpc) is 2.91. The minimum absolute atomic E-state index is 0.814. The number of rotatable bonds is 6. The Kier molecular flexibility index (Phi) is 4.36. The van der Waals surface area contributed by atoms with Crippen molar-refractivity contribution in [2.24, 2.45) is 0 Å². The Balaban J connectivity index is 2.00. The molecule has 1 N–H and O–H groups in total. The first-order chi connectivity index (χ1) is 8.81. The molecule has 18 heavy (non-hydrogen) atoms. The molecule has 0 bridgehead atoms. The monoisotopic (exact) mass is 245 g/mol. The van der Waals surface area contributed by atoms with Crippen LogP contribution in [-0.4, -0.2) is 23.5 Å². The molecule has 0 aliphatic rings. The second-order valence-electron chi connectivity index (χ2n) is 4.15. The lowest BCUT2D eigenvalue weighted by Crippen LogP contribution is -2.22. The maximum atomic E-state index is 5.37. The van der Waals surface area contributed by atoms with E-state index >= 15 is 0 Å². The van der Waals surface area contributed by atoms with Gasteiger partial charge in [-0.3, -0.25) is 4.90 Å². The zero-order chi connectivity index (χ0) is 12.8. The maximum absolute atomic E-state index is 5.37. The molecule has 4 heteroatoms. The summed E-state index contributed by atoms with van der Waals surface area (Å²) in [6, 6.07) is 9.95. The fraction of sp³-hybridized carbons (Fsp3) is 0.357. The van der Waals surface area contributed by atoms with Crippen molar-refractivity contribution in [1.29, 1.82) is 0 Å². The summed E-state index contributed by atoms with van der Waals surface area (Å²) < 4.78 is 5.37. The fourth-order valence-corrected chi connectivity index (χ4v) is 1.84. The largest absolute Gasteiger partial charge is 0.468 e. The smallest absolute Gasteiger partial charge is 0.126 e. The number of aromatic nitrogens is 1. The van der Waals surface area contributed by atoms with Gasteiger partial charge in [-0.05, 0) is 30.8 Å². The van der Waals surface area contributed by atoms with E-state index in [1.165, 1.54) is 0 Å². The highest BCUT2D eigenvalue weighted by atomic mass is 16.3. The Hall–Kier alpha value is -1.81. The maximum Gasteiger partial charge on any atom is 0.126 e. The molecule has 0 spiro atoms. The number of hydrogen-bond donors (Lipinski definition) is 1. The molecular weight excluding hydrogens is 226 g/mol. The van der Waals surface area contributed by atoms with Crippen LogP contribution < -0.4 is 5.32 Å². The third-order valence-electron chi connectivity index (χ3n) is 2.86. The molecule has 2 heterocycles. The van der Waals surface area contributed by atoms with E-state index in [1.807, 2.05) is 37.4 Å². The third-order valence-corrected chi connectivity index (χ3v) is 2.86. The highest BCUT2D eigenvalue weighted by Crippen LogP contribution is 2.10. The van der Waals surface area contributed by atoms with Crippen LogP contribution in [0.1, 0.15) is 18.4 Å². The lowest BCUT2D eigenvalue weighted by atomic mass is 10.3. The third kappa shape index (κ3) is 3.34. The summed E-state index contributed by atoms with van der Waals surface area (Å²) in [7, 11) is 1.88. The Morgan fingerprint density at radius 2 is 2.11 bits per heavy atom. The molecule has 0 saturated heterocycles. The van der Waals surface area contributed by atoms with E-state index in [1.54, 1.807) is 6.26 Å². The lowest BCUT2D eigenvalue weighted by molar-refractivity contribution is 0.245. The van der Waals surface area contributed by atoms with Gasteiger partial charge in [0, 0.05) is 13.6 Å². The van der Waals surface area contributed by atoms with Gasteiger partial charge < -0.3 is 9.73 Å². The summed E-state index contributed by atoms with van der Waals surface area (Å²) in [5, 5.41) is 3.06. The van der Waals surface area contributed by atoms with Crippen molar-refractivity contribution < 1.29 is 4.42 Å². The molecule has 2 aromatic rings. The van der Waals surface area contributed by atoms with E-state index in [4.69, 9.17) is 4.42 Å². The lowest BCUT2D eigenvalue weighted by Gasteiger charge is -2.18. The van der Waals surface area contributed by atoms with Gasteiger partial charge in [0.05, 0.1) is 18.5 Å². The van der Waals surface area contributed by atoms with Gasteiger partial charge in [0.25, 0.3) is 0 Å². The van der Waals surface area contributed by atoms with E-state index < -0.39 is 0 Å². The standard InChI is InChI=1S/C14H19N3O/c1-3-17(11-13-7-5-9-18-13)10-12-6-4-8-14(15-2)16-12/h4-9H,3,10-11H2,1-2H3,(H,15,16). The van der Waals surface area contributed by atoms with Gasteiger partial charge in [-0.1, -0.05) is 13.0 Å². The first-order valence-corrected chi connectivity index (χ1v) is 6.20. The minimum atomic E-state index is 0.814. The molecule has 0 radical (unpaired) electrons. The quantitative estimate of drug-likeness (QED) is 0.849. The van der Waals surface area contributed by atoms with Gasteiger partial charge in [0.2, 0.25) is 0 Å². The molecule has 0 fully saturated rings. The SMILES string of the molecule is CCN(Cc1cccc(NC)n1)Cc1ccco1. The second-order valence-corrected chi connectivity index (χ2v) is 4.15. The molecule has 2 rings (SSSR count). The van der Waals surface area contributed by atoms with E-state index in [-0.39, 0.29) is 0 Å². The summed E-state index contributed by atoms with van der Waals surface area (Å²) in [6.07, 6.45) is 1.71. The van der Waals surface area contributed by atoms with Crippen LogP contribution in [0.4, 0.5) is 5.82 Å². The molecule has 0 amide bonds. The van der Waals surface area contributed by atoms with Gasteiger partial charge in [0.15, 0.2) is 0 Å².